The van der Waals surface area contributed by atoms with Gasteiger partial charge in [-0.25, -0.2) is 9.13 Å². The molecule has 0 radical (unpaired) electrons. The topological polar surface area (TPSA) is 237 Å². The average molecular weight is 1440 g/mol. The van der Waals surface area contributed by atoms with Gasteiger partial charge in [-0.3, -0.25) is 37.3 Å². The van der Waals surface area contributed by atoms with E-state index in [1.165, 1.54) is 212 Å². The third-order valence-electron chi connectivity index (χ3n) is 18.4. The van der Waals surface area contributed by atoms with Crippen LogP contribution in [0.2, 0.25) is 0 Å². The highest BCUT2D eigenvalue weighted by Crippen LogP contribution is 2.45. The Bertz CT molecular complexity index is 1900. The minimum atomic E-state index is -4.96. The van der Waals surface area contributed by atoms with Crippen LogP contribution in [0.1, 0.15) is 408 Å². The van der Waals surface area contributed by atoms with Crippen LogP contribution < -0.4 is 0 Å². The van der Waals surface area contributed by atoms with Crippen molar-refractivity contribution in [1.29, 1.82) is 0 Å². The van der Waals surface area contributed by atoms with Gasteiger partial charge in [0.1, 0.15) is 19.3 Å². The minimum Gasteiger partial charge on any atom is -0.462 e. The molecule has 0 aliphatic rings. The molecule has 17 nitrogen and oxygen atoms in total. The zero-order chi connectivity index (χ0) is 72.3. The fraction of sp³-hybridized carbons (Fsp3) is 0.949. The predicted octanol–water partition coefficient (Wildman–Crippen LogP) is 23.4. The first-order valence-electron chi connectivity index (χ1n) is 40.8. The molecule has 3 N–H and O–H groups in total. The molecule has 0 spiro atoms. The normalized spacial score (nSPS) is 14.0. The molecule has 0 aliphatic heterocycles. The van der Waals surface area contributed by atoms with E-state index >= 15 is 0 Å². The zero-order valence-electron chi connectivity index (χ0n) is 64.3. The third-order valence-corrected chi connectivity index (χ3v) is 20.3. The van der Waals surface area contributed by atoms with Crippen LogP contribution in [0.4, 0.5) is 0 Å². The van der Waals surface area contributed by atoms with Crippen molar-refractivity contribution in [1.82, 2.24) is 0 Å². The van der Waals surface area contributed by atoms with Gasteiger partial charge in [0.25, 0.3) is 0 Å². The predicted molar refractivity (Wildman–Crippen MR) is 400 cm³/mol. The van der Waals surface area contributed by atoms with Crippen LogP contribution >= 0.6 is 15.6 Å². The summed E-state index contributed by atoms with van der Waals surface area (Å²) in [6, 6.07) is 0. The van der Waals surface area contributed by atoms with E-state index < -0.39 is 97.5 Å². The smallest absolute Gasteiger partial charge is 0.462 e. The van der Waals surface area contributed by atoms with Crippen molar-refractivity contribution < 1.29 is 80.2 Å². The van der Waals surface area contributed by atoms with E-state index in [9.17, 15) is 43.2 Å². The summed E-state index contributed by atoms with van der Waals surface area (Å²) >= 11 is 0. The second-order valence-electron chi connectivity index (χ2n) is 29.9. The molecule has 0 rings (SSSR count). The molecule has 0 bridgehead atoms. The van der Waals surface area contributed by atoms with Gasteiger partial charge in [-0.2, -0.15) is 0 Å². The maximum absolute atomic E-state index is 13.1. The van der Waals surface area contributed by atoms with Crippen LogP contribution in [-0.2, 0) is 65.4 Å². The fourth-order valence-electron chi connectivity index (χ4n) is 12.1. The SMILES string of the molecule is CCCCCCCCCCCCCCCCCC(=O)OC[C@H](COP(=O)(O)OC[C@@H](O)COP(=O)(O)OC[C@@H](COC(=O)CCCCCCCCCC(C)C)OC(=O)CCCCCCCCCCCC(C)C)OC(=O)CCCCCCCCCCCCCCCCCCCCC(C)C. The van der Waals surface area contributed by atoms with Crippen molar-refractivity contribution in [2.75, 3.05) is 39.6 Å². The number of ether oxygens (including phenoxy) is 4. The van der Waals surface area contributed by atoms with E-state index in [-0.39, 0.29) is 25.7 Å². The summed E-state index contributed by atoms with van der Waals surface area (Å²) in [5.41, 5.74) is 0. The van der Waals surface area contributed by atoms with Gasteiger partial charge in [0.15, 0.2) is 12.2 Å². The van der Waals surface area contributed by atoms with Gasteiger partial charge in [-0.05, 0) is 43.4 Å². The minimum absolute atomic E-state index is 0.105. The Morgan fingerprint density at radius 3 is 0.694 bits per heavy atom. The molecule has 0 aromatic heterocycles. The highest BCUT2D eigenvalue weighted by molar-refractivity contribution is 7.47. The number of hydrogen-bond acceptors (Lipinski definition) is 15. The molecular weight excluding hydrogens is 1280 g/mol. The molecule has 0 amide bonds. The molecule has 0 saturated heterocycles. The molecule has 0 aromatic rings. The number of carbonyl (C=O) groups is 4. The van der Waals surface area contributed by atoms with Gasteiger partial charge in [0.05, 0.1) is 26.4 Å². The van der Waals surface area contributed by atoms with Crippen LogP contribution in [-0.4, -0.2) is 96.7 Å². The molecule has 0 saturated carbocycles. The summed E-state index contributed by atoms with van der Waals surface area (Å²) in [5, 5.41) is 10.6. The van der Waals surface area contributed by atoms with E-state index in [1.54, 1.807) is 0 Å². The number of phosphoric ester groups is 2. The van der Waals surface area contributed by atoms with E-state index in [2.05, 4.69) is 48.5 Å². The lowest BCUT2D eigenvalue weighted by Gasteiger charge is -2.21. The van der Waals surface area contributed by atoms with Crippen molar-refractivity contribution in [3.8, 4) is 0 Å². The highest BCUT2D eigenvalue weighted by atomic mass is 31.2. The summed E-state index contributed by atoms with van der Waals surface area (Å²) in [6.45, 7) is 11.9. The van der Waals surface area contributed by atoms with Gasteiger partial charge >= 0.3 is 39.5 Å². The quantitative estimate of drug-likeness (QED) is 0.0222. The van der Waals surface area contributed by atoms with Crippen LogP contribution in [0.3, 0.4) is 0 Å². The molecule has 0 aliphatic carbocycles. The van der Waals surface area contributed by atoms with Gasteiger partial charge in [-0.1, -0.05) is 357 Å². The Kier molecular flexibility index (Phi) is 68.1. The standard InChI is InChI=1S/C79H154O17P2/c1-8-9-10-11-12-13-14-15-20-24-27-32-39-46-53-60-76(81)89-66-74(95-78(83)62-55-48-40-33-28-25-22-19-17-16-18-21-23-26-30-36-43-50-57-70(2)3)68-93-97(85,86)91-64-73(80)65-92-98(87,88)94-69-75(67-90-77(82)61-54-47-42-35-38-45-52-59-72(6)7)96-79(84)63-56-49-41-34-29-31-37-44-51-58-71(4)5/h70-75,80H,8-69H2,1-7H3,(H,85,86)(H,87,88)/t73-,74-,75-/m1/s1. The highest BCUT2D eigenvalue weighted by Gasteiger charge is 2.30. The Balaban J connectivity index is 5.21. The molecule has 19 heteroatoms. The number of aliphatic hydroxyl groups excluding tert-OH is 1. The third kappa shape index (κ3) is 72.4. The molecule has 98 heavy (non-hydrogen) atoms. The van der Waals surface area contributed by atoms with E-state index in [1.807, 2.05) is 0 Å². The lowest BCUT2D eigenvalue weighted by molar-refractivity contribution is -0.161. The first-order chi connectivity index (χ1) is 47.2. The summed E-state index contributed by atoms with van der Waals surface area (Å²) in [5.74, 6) is 0.147. The van der Waals surface area contributed by atoms with Crippen molar-refractivity contribution in [2.24, 2.45) is 17.8 Å². The van der Waals surface area contributed by atoms with E-state index in [0.29, 0.717) is 31.6 Å². The summed E-state index contributed by atoms with van der Waals surface area (Å²) in [7, 11) is -9.92. The maximum Gasteiger partial charge on any atom is 0.472 e. The maximum atomic E-state index is 13.1. The number of aliphatic hydroxyl groups is 1. The summed E-state index contributed by atoms with van der Waals surface area (Å²) in [4.78, 5) is 72.9. The number of hydrogen-bond donors (Lipinski definition) is 3. The Labute approximate surface area is 600 Å². The van der Waals surface area contributed by atoms with Crippen LogP contribution in [0.25, 0.3) is 0 Å². The van der Waals surface area contributed by atoms with Gasteiger partial charge in [0.2, 0.25) is 0 Å². The van der Waals surface area contributed by atoms with Gasteiger partial charge in [0, 0.05) is 25.7 Å². The molecular formula is C79H154O17P2. The summed E-state index contributed by atoms with van der Waals surface area (Å²) < 4.78 is 68.6. The largest absolute Gasteiger partial charge is 0.472 e. The second-order valence-corrected chi connectivity index (χ2v) is 32.8. The van der Waals surface area contributed by atoms with Crippen LogP contribution in [0.5, 0.6) is 0 Å². The first kappa shape index (κ1) is 96.1. The molecule has 2 unspecified atom stereocenters. The monoisotopic (exact) mass is 1440 g/mol. The molecule has 0 aromatic carbocycles. The van der Waals surface area contributed by atoms with E-state index in [0.717, 1.165) is 108 Å². The first-order valence-corrected chi connectivity index (χ1v) is 43.8. The average Bonchev–Trinajstić information content (AvgIpc) is 0.932. The number of unbranched alkanes of at least 4 members (excludes halogenated alkanes) is 45. The van der Waals surface area contributed by atoms with Crippen molar-refractivity contribution in [3.63, 3.8) is 0 Å². The number of rotatable bonds is 77. The van der Waals surface area contributed by atoms with Crippen LogP contribution in [0.15, 0.2) is 0 Å². The summed E-state index contributed by atoms with van der Waals surface area (Å²) in [6.07, 6.45) is 57.1. The fourth-order valence-corrected chi connectivity index (χ4v) is 13.7. The number of phosphoric acid groups is 2. The Morgan fingerprint density at radius 2 is 0.469 bits per heavy atom. The van der Waals surface area contributed by atoms with Crippen molar-refractivity contribution in [2.45, 2.75) is 426 Å². The van der Waals surface area contributed by atoms with Crippen molar-refractivity contribution >= 4 is 39.5 Å². The van der Waals surface area contributed by atoms with Crippen LogP contribution in [0, 0.1) is 17.8 Å². The molecule has 5 atom stereocenters. The zero-order valence-corrected chi connectivity index (χ0v) is 66.0. The second kappa shape index (κ2) is 69.4. The Morgan fingerprint density at radius 1 is 0.276 bits per heavy atom. The van der Waals surface area contributed by atoms with Gasteiger partial charge in [-0.15, -0.1) is 0 Å². The lowest BCUT2D eigenvalue weighted by atomic mass is 10.0. The number of esters is 4. The Hall–Kier alpha value is -1.94. The van der Waals surface area contributed by atoms with E-state index in [4.69, 9.17) is 37.0 Å². The number of carbonyl (C=O) groups excluding carboxylic acids is 4. The van der Waals surface area contributed by atoms with Gasteiger partial charge < -0.3 is 33.8 Å². The van der Waals surface area contributed by atoms with Crippen molar-refractivity contribution in [3.05, 3.63) is 0 Å². The molecule has 582 valence electrons. The molecule has 0 fully saturated rings. The lowest BCUT2D eigenvalue weighted by Crippen LogP contribution is -2.30. The molecule has 0 heterocycles.